The van der Waals surface area contributed by atoms with Gasteiger partial charge in [-0.3, -0.25) is 9.10 Å². The maximum absolute atomic E-state index is 13.8. The summed E-state index contributed by atoms with van der Waals surface area (Å²) < 4.78 is 34.4. The number of sulfonamides is 1. The van der Waals surface area contributed by atoms with Crippen LogP contribution in [-0.4, -0.2) is 20.9 Å². The van der Waals surface area contributed by atoms with Gasteiger partial charge in [0.25, 0.3) is 10.0 Å². The minimum Gasteiger partial charge on any atom is -0.487 e. The number of hydrogen-bond acceptors (Lipinski definition) is 4. The van der Waals surface area contributed by atoms with Crippen molar-refractivity contribution >= 4 is 62.1 Å². The Morgan fingerprint density at radius 3 is 2.18 bits per heavy atom. The number of carbonyl (C=O) groups excluding carboxylic acids is 1. The molecule has 0 aliphatic heterocycles. The van der Waals surface area contributed by atoms with Crippen molar-refractivity contribution in [1.29, 1.82) is 0 Å². The topological polar surface area (TPSA) is 75.7 Å². The van der Waals surface area contributed by atoms with Crippen LogP contribution in [0.4, 0.5) is 11.4 Å². The van der Waals surface area contributed by atoms with Gasteiger partial charge in [0.2, 0.25) is 5.91 Å². The molecule has 0 bridgehead atoms. The summed E-state index contributed by atoms with van der Waals surface area (Å²) in [6, 6.07) is 25.0. The van der Waals surface area contributed by atoms with Gasteiger partial charge in [0.15, 0.2) is 0 Å². The third-order valence-electron chi connectivity index (χ3n) is 5.53. The second-order valence-corrected chi connectivity index (χ2v) is 11.5. The highest BCUT2D eigenvalue weighted by molar-refractivity contribution is 7.92. The Balaban J connectivity index is 1.71. The molecule has 0 saturated carbocycles. The molecule has 4 aromatic rings. The highest BCUT2D eigenvalue weighted by Gasteiger charge is 2.30. The van der Waals surface area contributed by atoms with Crippen LogP contribution in [-0.2, 0) is 21.4 Å². The van der Waals surface area contributed by atoms with Crippen LogP contribution in [0.3, 0.4) is 0 Å². The summed E-state index contributed by atoms with van der Waals surface area (Å²) in [6.45, 7) is 1.49. The van der Waals surface area contributed by atoms with Gasteiger partial charge < -0.3 is 10.1 Å². The summed E-state index contributed by atoms with van der Waals surface area (Å²) in [5, 5.41) is 3.43. The van der Waals surface area contributed by atoms with Crippen LogP contribution < -0.4 is 14.4 Å². The van der Waals surface area contributed by atoms with Crippen molar-refractivity contribution in [2.75, 3.05) is 16.2 Å². The SMILES string of the molecule is Cc1ccc(S(=O)(=O)N(CC(=O)Nc2ccc(Cl)cc2)c2cc(OCc3ccccc3)c(Cl)cc2Cl)cc1. The number of rotatable bonds is 9. The highest BCUT2D eigenvalue weighted by atomic mass is 35.5. The monoisotopic (exact) mass is 588 g/mol. The predicted octanol–water partition coefficient (Wildman–Crippen LogP) is 7.37. The van der Waals surface area contributed by atoms with E-state index in [9.17, 15) is 13.2 Å². The average Bonchev–Trinajstić information content (AvgIpc) is 2.89. The number of ether oxygens (including phenoxy) is 1. The Kier molecular flexibility index (Phi) is 8.84. The summed E-state index contributed by atoms with van der Waals surface area (Å²) >= 11 is 18.8. The number of nitrogens with zero attached hydrogens (tertiary/aromatic N) is 1. The molecule has 0 spiro atoms. The number of amides is 1. The van der Waals surface area contributed by atoms with Gasteiger partial charge >= 0.3 is 0 Å². The van der Waals surface area contributed by atoms with E-state index in [4.69, 9.17) is 39.5 Å². The molecule has 196 valence electrons. The Bertz CT molecular complexity index is 1530. The molecule has 0 aliphatic carbocycles. The fourth-order valence-corrected chi connectivity index (χ4v) is 5.70. The van der Waals surface area contributed by atoms with Crippen molar-refractivity contribution in [3.63, 3.8) is 0 Å². The zero-order valence-electron chi connectivity index (χ0n) is 20.2. The van der Waals surface area contributed by atoms with Gasteiger partial charge in [-0.2, -0.15) is 0 Å². The maximum atomic E-state index is 13.8. The number of benzene rings is 4. The molecule has 10 heteroatoms. The summed E-state index contributed by atoms with van der Waals surface area (Å²) in [4.78, 5) is 13.0. The average molecular weight is 590 g/mol. The molecule has 0 aromatic heterocycles. The van der Waals surface area contributed by atoms with Crippen LogP contribution in [0.15, 0.2) is 95.9 Å². The quantitative estimate of drug-likeness (QED) is 0.221. The van der Waals surface area contributed by atoms with Crippen molar-refractivity contribution in [3.05, 3.63) is 117 Å². The predicted molar refractivity (Wildman–Crippen MR) is 153 cm³/mol. The van der Waals surface area contributed by atoms with Gasteiger partial charge in [0.1, 0.15) is 18.9 Å². The normalized spacial score (nSPS) is 11.2. The Morgan fingerprint density at radius 2 is 1.53 bits per heavy atom. The smallest absolute Gasteiger partial charge is 0.264 e. The molecule has 4 aromatic carbocycles. The molecular formula is C28H23Cl3N2O4S. The van der Waals surface area contributed by atoms with Crippen LogP contribution in [0.1, 0.15) is 11.1 Å². The number of anilines is 2. The fraction of sp³-hybridized carbons (Fsp3) is 0.107. The molecule has 0 saturated heterocycles. The van der Waals surface area contributed by atoms with Crippen LogP contribution in [0, 0.1) is 6.92 Å². The van der Waals surface area contributed by atoms with Gasteiger partial charge in [0, 0.05) is 16.8 Å². The largest absolute Gasteiger partial charge is 0.487 e. The molecular weight excluding hydrogens is 567 g/mol. The number of aryl methyl sites for hydroxylation is 1. The van der Waals surface area contributed by atoms with Crippen LogP contribution in [0.2, 0.25) is 15.1 Å². The van der Waals surface area contributed by atoms with E-state index < -0.39 is 22.5 Å². The lowest BCUT2D eigenvalue weighted by Crippen LogP contribution is -2.38. The lowest BCUT2D eigenvalue weighted by molar-refractivity contribution is -0.114. The standard InChI is InChI=1S/C28H23Cl3N2O4S/c1-19-7-13-23(14-8-19)38(35,36)33(17-28(34)32-22-11-9-21(29)10-12-22)26-16-27(25(31)15-24(26)30)37-18-20-5-3-2-4-6-20/h2-16H,17-18H2,1H3,(H,32,34). The van der Waals surface area contributed by atoms with E-state index in [1.165, 1.54) is 24.3 Å². The summed E-state index contributed by atoms with van der Waals surface area (Å²) in [6.07, 6.45) is 0. The van der Waals surface area contributed by atoms with Gasteiger partial charge in [0.05, 0.1) is 20.6 Å². The fourth-order valence-electron chi connectivity index (χ4n) is 3.56. The first-order valence-corrected chi connectivity index (χ1v) is 14.0. The first-order valence-electron chi connectivity index (χ1n) is 11.4. The van der Waals surface area contributed by atoms with Crippen molar-refractivity contribution in [3.8, 4) is 5.75 Å². The van der Waals surface area contributed by atoms with Crippen molar-refractivity contribution in [1.82, 2.24) is 0 Å². The second-order valence-electron chi connectivity index (χ2n) is 8.39. The van der Waals surface area contributed by atoms with Gasteiger partial charge in [-0.25, -0.2) is 8.42 Å². The van der Waals surface area contributed by atoms with Crippen molar-refractivity contribution in [2.24, 2.45) is 0 Å². The Hall–Kier alpha value is -3.23. The number of hydrogen-bond donors (Lipinski definition) is 1. The molecule has 0 radical (unpaired) electrons. The lowest BCUT2D eigenvalue weighted by atomic mass is 10.2. The highest BCUT2D eigenvalue weighted by Crippen LogP contribution is 2.39. The first kappa shape index (κ1) is 27.8. The van der Waals surface area contributed by atoms with E-state index in [2.05, 4.69) is 5.32 Å². The molecule has 6 nitrogen and oxygen atoms in total. The van der Waals surface area contributed by atoms with E-state index >= 15 is 0 Å². The van der Waals surface area contributed by atoms with E-state index in [1.807, 2.05) is 37.3 Å². The molecule has 4 rings (SSSR count). The van der Waals surface area contributed by atoms with Crippen molar-refractivity contribution < 1.29 is 17.9 Å². The van der Waals surface area contributed by atoms with Gasteiger partial charge in [-0.1, -0.05) is 82.8 Å². The molecule has 1 N–H and O–H groups in total. The van der Waals surface area contributed by atoms with E-state index in [0.717, 1.165) is 15.4 Å². The molecule has 0 atom stereocenters. The Morgan fingerprint density at radius 1 is 0.868 bits per heavy atom. The first-order chi connectivity index (χ1) is 18.1. The molecule has 1 amide bonds. The summed E-state index contributed by atoms with van der Waals surface area (Å²) in [5.74, 6) is -0.363. The summed E-state index contributed by atoms with van der Waals surface area (Å²) in [7, 11) is -4.22. The number of carbonyl (C=O) groups is 1. The van der Waals surface area contributed by atoms with E-state index in [1.54, 1.807) is 36.4 Å². The van der Waals surface area contributed by atoms with Crippen LogP contribution in [0.25, 0.3) is 0 Å². The molecule has 0 aliphatic rings. The zero-order valence-corrected chi connectivity index (χ0v) is 23.3. The minimum absolute atomic E-state index is 0.000151. The Labute approximate surface area is 236 Å². The lowest BCUT2D eigenvalue weighted by Gasteiger charge is -2.26. The zero-order chi connectivity index (χ0) is 27.3. The molecule has 0 heterocycles. The van der Waals surface area contributed by atoms with Crippen LogP contribution >= 0.6 is 34.8 Å². The van der Waals surface area contributed by atoms with Crippen molar-refractivity contribution in [2.45, 2.75) is 18.4 Å². The maximum Gasteiger partial charge on any atom is 0.264 e. The van der Waals surface area contributed by atoms with E-state index in [0.29, 0.717) is 10.7 Å². The molecule has 0 fully saturated rings. The van der Waals surface area contributed by atoms with Gasteiger partial charge in [-0.15, -0.1) is 0 Å². The second kappa shape index (κ2) is 12.1. The van der Waals surface area contributed by atoms with E-state index in [-0.39, 0.29) is 33.0 Å². The van der Waals surface area contributed by atoms with Crippen LogP contribution in [0.5, 0.6) is 5.75 Å². The number of nitrogens with one attached hydrogen (secondary N) is 1. The van der Waals surface area contributed by atoms with Gasteiger partial charge in [-0.05, 0) is 55.0 Å². The minimum atomic E-state index is -4.22. The third kappa shape index (κ3) is 6.79. The third-order valence-corrected chi connectivity index (χ3v) is 8.16. The molecule has 0 unspecified atom stereocenters. The number of halogens is 3. The molecule has 38 heavy (non-hydrogen) atoms. The summed E-state index contributed by atoms with van der Waals surface area (Å²) in [5.41, 5.74) is 2.29.